The van der Waals surface area contributed by atoms with E-state index in [1.165, 1.54) is 34.8 Å². The summed E-state index contributed by atoms with van der Waals surface area (Å²) in [7, 11) is 0. The third-order valence-electron chi connectivity index (χ3n) is 3.83. The smallest absolute Gasteiger partial charge is 0.0336 e. The Hall–Kier alpha value is -0.160. The number of nitrogens with one attached hydrogen (secondary N) is 2. The molecule has 0 amide bonds. The SMILES string of the molecule is c1ccc2c(c1)CNCCC2NCC1CSCCS1. The second kappa shape index (κ2) is 7.02. The molecule has 1 fully saturated rings. The zero-order valence-corrected chi connectivity index (χ0v) is 12.9. The van der Waals surface area contributed by atoms with Gasteiger partial charge in [0.2, 0.25) is 0 Å². The summed E-state index contributed by atoms with van der Waals surface area (Å²) in [6.45, 7) is 3.28. The molecule has 2 aliphatic heterocycles. The van der Waals surface area contributed by atoms with Crippen molar-refractivity contribution < 1.29 is 0 Å². The number of benzene rings is 1. The molecule has 3 rings (SSSR count). The molecule has 2 aliphatic rings. The molecule has 1 saturated heterocycles. The van der Waals surface area contributed by atoms with E-state index in [-0.39, 0.29) is 0 Å². The third kappa shape index (κ3) is 3.69. The summed E-state index contributed by atoms with van der Waals surface area (Å²) in [5.74, 6) is 3.96. The van der Waals surface area contributed by atoms with Gasteiger partial charge >= 0.3 is 0 Å². The lowest BCUT2D eigenvalue weighted by atomic mass is 9.99. The fraction of sp³-hybridized carbons (Fsp3) is 0.600. The normalized spacial score (nSPS) is 27.6. The van der Waals surface area contributed by atoms with Crippen molar-refractivity contribution in [3.8, 4) is 0 Å². The van der Waals surface area contributed by atoms with Crippen molar-refractivity contribution in [2.45, 2.75) is 24.3 Å². The van der Waals surface area contributed by atoms with Gasteiger partial charge in [-0.15, -0.1) is 0 Å². The molecular weight excluding hydrogens is 272 g/mol. The molecule has 0 saturated carbocycles. The minimum Gasteiger partial charge on any atom is -0.313 e. The molecule has 1 aromatic carbocycles. The maximum absolute atomic E-state index is 3.81. The van der Waals surface area contributed by atoms with E-state index in [9.17, 15) is 0 Å². The van der Waals surface area contributed by atoms with Gasteiger partial charge in [-0.1, -0.05) is 24.3 Å². The zero-order valence-electron chi connectivity index (χ0n) is 11.2. The van der Waals surface area contributed by atoms with Gasteiger partial charge in [0.25, 0.3) is 0 Å². The Labute approximate surface area is 124 Å². The molecule has 2 atom stereocenters. The quantitative estimate of drug-likeness (QED) is 0.895. The number of thioether (sulfide) groups is 2. The predicted octanol–water partition coefficient (Wildman–Crippen LogP) is 2.66. The second-order valence-electron chi connectivity index (χ2n) is 5.19. The highest BCUT2D eigenvalue weighted by Crippen LogP contribution is 2.26. The van der Waals surface area contributed by atoms with Gasteiger partial charge in [-0.25, -0.2) is 0 Å². The molecule has 2 nitrogen and oxygen atoms in total. The molecule has 0 aromatic heterocycles. The first-order valence-corrected chi connectivity index (χ1v) is 9.35. The molecule has 1 aromatic rings. The van der Waals surface area contributed by atoms with E-state index in [4.69, 9.17) is 0 Å². The van der Waals surface area contributed by atoms with E-state index >= 15 is 0 Å². The molecular formula is C15H22N2S2. The van der Waals surface area contributed by atoms with Crippen LogP contribution in [-0.2, 0) is 6.54 Å². The van der Waals surface area contributed by atoms with Gasteiger partial charge < -0.3 is 10.6 Å². The maximum atomic E-state index is 3.81. The van der Waals surface area contributed by atoms with Crippen molar-refractivity contribution in [2.75, 3.05) is 30.3 Å². The van der Waals surface area contributed by atoms with Gasteiger partial charge in [-0.05, 0) is 24.1 Å². The Morgan fingerprint density at radius 3 is 3.11 bits per heavy atom. The van der Waals surface area contributed by atoms with E-state index in [0.717, 1.165) is 24.9 Å². The standard InChI is InChI=1S/C15H22N2S2/c1-2-4-14-12(3-1)9-16-6-5-15(14)17-10-13-11-18-7-8-19-13/h1-4,13,15-17H,5-11H2. The van der Waals surface area contributed by atoms with Gasteiger partial charge in [0.05, 0.1) is 0 Å². The largest absolute Gasteiger partial charge is 0.313 e. The molecule has 4 heteroatoms. The summed E-state index contributed by atoms with van der Waals surface area (Å²) in [6, 6.07) is 9.40. The van der Waals surface area contributed by atoms with Crippen LogP contribution in [0.15, 0.2) is 24.3 Å². The molecule has 2 N–H and O–H groups in total. The first-order chi connectivity index (χ1) is 9.43. The van der Waals surface area contributed by atoms with Crippen LogP contribution in [-0.4, -0.2) is 35.6 Å². The third-order valence-corrected chi connectivity index (χ3v) is 6.68. The van der Waals surface area contributed by atoms with Crippen LogP contribution in [0.25, 0.3) is 0 Å². The molecule has 104 valence electrons. The molecule has 0 bridgehead atoms. The summed E-state index contributed by atoms with van der Waals surface area (Å²) in [5, 5.41) is 8.13. The Morgan fingerprint density at radius 1 is 1.26 bits per heavy atom. The Morgan fingerprint density at radius 2 is 2.21 bits per heavy atom. The highest BCUT2D eigenvalue weighted by Gasteiger charge is 2.20. The van der Waals surface area contributed by atoms with Crippen molar-refractivity contribution in [3.05, 3.63) is 35.4 Å². The van der Waals surface area contributed by atoms with Crippen molar-refractivity contribution >= 4 is 23.5 Å². The molecule has 19 heavy (non-hydrogen) atoms. The average Bonchev–Trinajstić information content (AvgIpc) is 2.68. The van der Waals surface area contributed by atoms with Crippen LogP contribution >= 0.6 is 23.5 Å². The minimum absolute atomic E-state index is 0.527. The van der Waals surface area contributed by atoms with E-state index in [1.54, 1.807) is 0 Å². The number of fused-ring (bicyclic) bond motifs is 1. The first kappa shape index (κ1) is 13.8. The van der Waals surface area contributed by atoms with Crippen LogP contribution in [0.4, 0.5) is 0 Å². The summed E-state index contributed by atoms with van der Waals surface area (Å²) in [6.07, 6.45) is 1.20. The lowest BCUT2D eigenvalue weighted by Gasteiger charge is -2.25. The van der Waals surface area contributed by atoms with Gasteiger partial charge in [0.1, 0.15) is 0 Å². The maximum Gasteiger partial charge on any atom is 0.0336 e. The lowest BCUT2D eigenvalue weighted by molar-refractivity contribution is 0.500. The monoisotopic (exact) mass is 294 g/mol. The van der Waals surface area contributed by atoms with Gasteiger partial charge in [-0.2, -0.15) is 23.5 Å². The van der Waals surface area contributed by atoms with Crippen LogP contribution in [0.3, 0.4) is 0 Å². The number of hydrogen-bond acceptors (Lipinski definition) is 4. The molecule has 0 spiro atoms. The van der Waals surface area contributed by atoms with Crippen LogP contribution in [0.2, 0.25) is 0 Å². The second-order valence-corrected chi connectivity index (χ2v) is 7.75. The van der Waals surface area contributed by atoms with Crippen molar-refractivity contribution in [2.24, 2.45) is 0 Å². The summed E-state index contributed by atoms with van der Waals surface area (Å²) < 4.78 is 0. The Kier molecular flexibility index (Phi) is 5.10. The lowest BCUT2D eigenvalue weighted by Crippen LogP contribution is -2.32. The van der Waals surface area contributed by atoms with Crippen LogP contribution in [0, 0.1) is 0 Å². The van der Waals surface area contributed by atoms with Crippen molar-refractivity contribution in [1.29, 1.82) is 0 Å². The van der Waals surface area contributed by atoms with Crippen LogP contribution in [0.5, 0.6) is 0 Å². The topological polar surface area (TPSA) is 24.1 Å². The van der Waals surface area contributed by atoms with Crippen LogP contribution in [0.1, 0.15) is 23.6 Å². The van der Waals surface area contributed by atoms with E-state index in [2.05, 4.69) is 58.4 Å². The van der Waals surface area contributed by atoms with Gasteiger partial charge in [0, 0.05) is 41.6 Å². The molecule has 2 unspecified atom stereocenters. The van der Waals surface area contributed by atoms with Crippen molar-refractivity contribution in [1.82, 2.24) is 10.6 Å². The van der Waals surface area contributed by atoms with E-state index in [0.29, 0.717) is 6.04 Å². The van der Waals surface area contributed by atoms with E-state index < -0.39 is 0 Å². The van der Waals surface area contributed by atoms with Gasteiger partial charge in [0.15, 0.2) is 0 Å². The molecule has 2 heterocycles. The van der Waals surface area contributed by atoms with E-state index in [1.807, 2.05) is 0 Å². The predicted molar refractivity (Wildman–Crippen MR) is 87.1 cm³/mol. The summed E-state index contributed by atoms with van der Waals surface area (Å²) in [5.41, 5.74) is 2.96. The van der Waals surface area contributed by atoms with Gasteiger partial charge in [-0.3, -0.25) is 0 Å². The minimum atomic E-state index is 0.527. The summed E-state index contributed by atoms with van der Waals surface area (Å²) >= 11 is 4.25. The fourth-order valence-electron chi connectivity index (χ4n) is 2.80. The highest BCUT2D eigenvalue weighted by atomic mass is 32.2. The van der Waals surface area contributed by atoms with Crippen molar-refractivity contribution in [3.63, 3.8) is 0 Å². The Bertz CT molecular complexity index is 405. The first-order valence-electron chi connectivity index (χ1n) is 7.15. The number of hydrogen-bond donors (Lipinski definition) is 2. The van der Waals surface area contributed by atoms with Crippen LogP contribution < -0.4 is 10.6 Å². The molecule has 0 radical (unpaired) electrons. The number of rotatable bonds is 3. The highest BCUT2D eigenvalue weighted by molar-refractivity contribution is 8.06. The Balaban J connectivity index is 1.63. The zero-order chi connectivity index (χ0) is 12.9. The summed E-state index contributed by atoms with van der Waals surface area (Å²) in [4.78, 5) is 0. The molecule has 0 aliphatic carbocycles. The average molecular weight is 294 g/mol. The fourth-order valence-corrected chi connectivity index (χ4v) is 5.42.